The summed E-state index contributed by atoms with van der Waals surface area (Å²) >= 11 is 0. The van der Waals surface area contributed by atoms with E-state index >= 15 is 0 Å². The lowest BCUT2D eigenvalue weighted by atomic mass is 9.96. The van der Waals surface area contributed by atoms with Gasteiger partial charge in [0.1, 0.15) is 11.6 Å². The molecule has 0 saturated carbocycles. The van der Waals surface area contributed by atoms with Crippen LogP contribution in [-0.2, 0) is 9.53 Å². The molecule has 8 heteroatoms. The van der Waals surface area contributed by atoms with E-state index in [0.29, 0.717) is 12.5 Å². The number of methoxy groups -OCH3 is 1. The van der Waals surface area contributed by atoms with Gasteiger partial charge in [-0.2, -0.15) is 0 Å². The monoisotopic (exact) mass is 386 g/mol. The summed E-state index contributed by atoms with van der Waals surface area (Å²) in [6.07, 6.45) is 3.16. The maximum atomic E-state index is 11.6. The summed E-state index contributed by atoms with van der Waals surface area (Å²) in [4.78, 5) is 29.6. The van der Waals surface area contributed by atoms with E-state index in [2.05, 4.69) is 20.5 Å². The molecule has 0 atom stereocenters. The van der Waals surface area contributed by atoms with Crippen molar-refractivity contribution < 1.29 is 19.1 Å². The van der Waals surface area contributed by atoms with E-state index in [1.54, 1.807) is 7.11 Å². The normalized spacial score (nSPS) is 14.6. The van der Waals surface area contributed by atoms with Gasteiger partial charge in [-0.15, -0.1) is 0 Å². The summed E-state index contributed by atoms with van der Waals surface area (Å²) in [6.45, 7) is 2.02. The number of ether oxygens (including phenoxy) is 2. The maximum Gasteiger partial charge on any atom is 0.407 e. The van der Waals surface area contributed by atoms with Gasteiger partial charge in [0.05, 0.1) is 7.11 Å². The van der Waals surface area contributed by atoms with E-state index in [0.717, 1.165) is 48.3 Å². The second kappa shape index (κ2) is 9.25. The zero-order valence-electron chi connectivity index (χ0n) is 16.2. The standard InChI is InChI=1S/C20H26N4O4/c1-21-18(25)13-28-20(26)23-12-14-6-9-24(10-7-14)19-17-4-3-16(27-2)11-15(17)5-8-22-19/h3-5,8,11,14H,6-7,9-10,12-13H2,1-2H3,(H,21,25)(H,23,26). The molecule has 8 nitrogen and oxygen atoms in total. The Kier molecular flexibility index (Phi) is 6.52. The lowest BCUT2D eigenvalue weighted by molar-refractivity contribution is -0.123. The van der Waals surface area contributed by atoms with Crippen LogP contribution >= 0.6 is 0 Å². The van der Waals surface area contributed by atoms with Crippen LogP contribution in [0.4, 0.5) is 10.6 Å². The summed E-state index contributed by atoms with van der Waals surface area (Å²) in [6, 6.07) is 8.01. The van der Waals surface area contributed by atoms with Gasteiger partial charge in [-0.25, -0.2) is 9.78 Å². The van der Waals surface area contributed by atoms with Crippen LogP contribution in [0, 0.1) is 5.92 Å². The molecule has 150 valence electrons. The minimum Gasteiger partial charge on any atom is -0.497 e. The van der Waals surface area contributed by atoms with Crippen LogP contribution in [0.1, 0.15) is 12.8 Å². The molecule has 28 heavy (non-hydrogen) atoms. The molecule has 1 aromatic carbocycles. The third-order valence-electron chi connectivity index (χ3n) is 5.01. The van der Waals surface area contributed by atoms with Crippen molar-refractivity contribution in [3.05, 3.63) is 30.5 Å². The topological polar surface area (TPSA) is 92.8 Å². The van der Waals surface area contributed by atoms with Crippen molar-refractivity contribution in [3.63, 3.8) is 0 Å². The number of benzene rings is 1. The molecule has 1 aliphatic rings. The highest BCUT2D eigenvalue weighted by molar-refractivity contribution is 5.93. The number of likely N-dealkylation sites (N-methyl/N-ethyl adjacent to an activating group) is 1. The molecule has 1 saturated heterocycles. The Bertz CT molecular complexity index is 834. The summed E-state index contributed by atoms with van der Waals surface area (Å²) in [5.74, 6) is 1.86. The molecule has 2 N–H and O–H groups in total. The molecule has 0 bridgehead atoms. The van der Waals surface area contributed by atoms with Crippen LogP contribution in [0.5, 0.6) is 5.75 Å². The molecule has 1 aromatic heterocycles. The van der Waals surface area contributed by atoms with Crippen molar-refractivity contribution >= 4 is 28.6 Å². The summed E-state index contributed by atoms with van der Waals surface area (Å²) in [7, 11) is 3.16. The van der Waals surface area contributed by atoms with E-state index in [1.807, 2.05) is 30.5 Å². The van der Waals surface area contributed by atoms with Crippen molar-refractivity contribution in [1.82, 2.24) is 15.6 Å². The summed E-state index contributed by atoms with van der Waals surface area (Å²) < 4.78 is 10.2. The quantitative estimate of drug-likeness (QED) is 0.788. The van der Waals surface area contributed by atoms with E-state index in [1.165, 1.54) is 7.05 Å². The third kappa shape index (κ3) is 4.82. The number of anilines is 1. The Morgan fingerprint density at radius 3 is 2.75 bits per heavy atom. The van der Waals surface area contributed by atoms with Crippen LogP contribution in [-0.4, -0.2) is 57.4 Å². The summed E-state index contributed by atoms with van der Waals surface area (Å²) in [5.41, 5.74) is 0. The maximum absolute atomic E-state index is 11.6. The second-order valence-electron chi connectivity index (χ2n) is 6.78. The van der Waals surface area contributed by atoms with Crippen LogP contribution < -0.4 is 20.3 Å². The van der Waals surface area contributed by atoms with Crippen LogP contribution in [0.25, 0.3) is 10.8 Å². The number of rotatable bonds is 6. The average molecular weight is 386 g/mol. The van der Waals surface area contributed by atoms with Crippen molar-refractivity contribution in [3.8, 4) is 5.75 Å². The minimum atomic E-state index is -0.560. The Balaban J connectivity index is 1.52. The molecule has 2 aromatic rings. The zero-order chi connectivity index (χ0) is 19.9. The van der Waals surface area contributed by atoms with Crippen molar-refractivity contribution in [2.75, 3.05) is 45.3 Å². The molecular weight excluding hydrogens is 360 g/mol. The van der Waals surface area contributed by atoms with Gasteiger partial charge in [-0.1, -0.05) is 0 Å². The second-order valence-corrected chi connectivity index (χ2v) is 6.78. The first kappa shape index (κ1) is 19.7. The fraction of sp³-hybridized carbons (Fsp3) is 0.450. The number of carbonyl (C=O) groups is 2. The highest BCUT2D eigenvalue weighted by Gasteiger charge is 2.22. The van der Waals surface area contributed by atoms with Gasteiger partial charge in [0, 0.05) is 38.3 Å². The fourth-order valence-corrected chi connectivity index (χ4v) is 3.35. The number of pyridine rings is 1. The largest absolute Gasteiger partial charge is 0.497 e. The van der Waals surface area contributed by atoms with E-state index in [4.69, 9.17) is 9.47 Å². The molecule has 1 aliphatic heterocycles. The number of aromatic nitrogens is 1. The molecule has 2 amide bonds. The van der Waals surface area contributed by atoms with Gasteiger partial charge in [-0.05, 0) is 48.4 Å². The number of carbonyl (C=O) groups excluding carboxylic acids is 2. The Hall–Kier alpha value is -3.03. The van der Waals surface area contributed by atoms with E-state index < -0.39 is 6.09 Å². The van der Waals surface area contributed by atoms with Crippen molar-refractivity contribution in [1.29, 1.82) is 0 Å². The molecule has 2 heterocycles. The van der Waals surface area contributed by atoms with Gasteiger partial charge in [0.25, 0.3) is 5.91 Å². The Morgan fingerprint density at radius 2 is 2.04 bits per heavy atom. The smallest absolute Gasteiger partial charge is 0.407 e. The van der Waals surface area contributed by atoms with Crippen LogP contribution in [0.2, 0.25) is 0 Å². The number of hydrogen-bond donors (Lipinski definition) is 2. The Morgan fingerprint density at radius 1 is 1.25 bits per heavy atom. The Labute approximate surface area is 164 Å². The highest BCUT2D eigenvalue weighted by Crippen LogP contribution is 2.30. The predicted molar refractivity (Wildman–Crippen MR) is 107 cm³/mol. The number of nitrogens with zero attached hydrogens (tertiary/aromatic N) is 2. The SMILES string of the molecule is CNC(=O)COC(=O)NCC1CCN(c2nccc3cc(OC)ccc23)CC1. The number of amides is 2. The number of piperidine rings is 1. The average Bonchev–Trinajstić information content (AvgIpc) is 2.75. The lowest BCUT2D eigenvalue weighted by Gasteiger charge is -2.33. The van der Waals surface area contributed by atoms with Gasteiger partial charge in [-0.3, -0.25) is 4.79 Å². The molecular formula is C20H26N4O4. The van der Waals surface area contributed by atoms with Gasteiger partial charge >= 0.3 is 6.09 Å². The van der Waals surface area contributed by atoms with Crippen molar-refractivity contribution in [2.24, 2.45) is 5.92 Å². The van der Waals surface area contributed by atoms with Gasteiger partial charge in [0.2, 0.25) is 0 Å². The number of fused-ring (bicyclic) bond motifs is 1. The lowest BCUT2D eigenvalue weighted by Crippen LogP contribution is -2.39. The fourth-order valence-electron chi connectivity index (χ4n) is 3.35. The zero-order valence-corrected chi connectivity index (χ0v) is 16.2. The summed E-state index contributed by atoms with van der Waals surface area (Å²) in [5, 5.41) is 7.36. The first-order valence-electron chi connectivity index (χ1n) is 9.39. The number of alkyl carbamates (subject to hydrolysis) is 1. The van der Waals surface area contributed by atoms with E-state index in [9.17, 15) is 9.59 Å². The molecule has 0 radical (unpaired) electrons. The number of nitrogens with one attached hydrogen (secondary N) is 2. The predicted octanol–water partition coefficient (Wildman–Crippen LogP) is 1.93. The van der Waals surface area contributed by atoms with Gasteiger partial charge < -0.3 is 25.0 Å². The molecule has 0 aliphatic carbocycles. The molecule has 3 rings (SSSR count). The van der Waals surface area contributed by atoms with Crippen molar-refractivity contribution in [2.45, 2.75) is 12.8 Å². The minimum absolute atomic E-state index is 0.266. The molecule has 1 fully saturated rings. The molecule has 0 spiro atoms. The third-order valence-corrected chi connectivity index (χ3v) is 5.01. The van der Waals surface area contributed by atoms with Crippen LogP contribution in [0.15, 0.2) is 30.5 Å². The molecule has 0 unspecified atom stereocenters. The van der Waals surface area contributed by atoms with E-state index in [-0.39, 0.29) is 12.5 Å². The van der Waals surface area contributed by atoms with Gasteiger partial charge in [0.15, 0.2) is 6.61 Å². The highest BCUT2D eigenvalue weighted by atomic mass is 16.6. The number of hydrogen-bond acceptors (Lipinski definition) is 6. The van der Waals surface area contributed by atoms with Crippen LogP contribution in [0.3, 0.4) is 0 Å². The first-order chi connectivity index (χ1) is 13.6. The first-order valence-corrected chi connectivity index (χ1v) is 9.39.